The van der Waals surface area contributed by atoms with E-state index >= 15 is 0 Å². The predicted molar refractivity (Wildman–Crippen MR) is 42.2 cm³/mol. The van der Waals surface area contributed by atoms with E-state index < -0.39 is 0 Å². The molecule has 2 N–H and O–H groups in total. The zero-order valence-electron chi connectivity index (χ0n) is 5.99. The van der Waals surface area contributed by atoms with Gasteiger partial charge < -0.3 is 10.5 Å². The smallest absolute Gasteiger partial charge is 0.200 e. The lowest BCUT2D eigenvalue weighted by Crippen LogP contribution is -1.98. The molecular formula is C6H9N3OS. The van der Waals surface area contributed by atoms with Crippen molar-refractivity contribution in [3.63, 3.8) is 0 Å². The molecule has 0 saturated carbocycles. The Morgan fingerprint density at radius 3 is 3.09 bits per heavy atom. The summed E-state index contributed by atoms with van der Waals surface area (Å²) in [6, 6.07) is 0. The highest BCUT2D eigenvalue weighted by Gasteiger charge is 2.21. The summed E-state index contributed by atoms with van der Waals surface area (Å²) < 4.78 is 9.46. The first-order valence-corrected chi connectivity index (χ1v) is 4.34. The Hall–Kier alpha value is -0.680. The van der Waals surface area contributed by atoms with Gasteiger partial charge in [0, 0.05) is 18.1 Å². The van der Waals surface area contributed by atoms with Gasteiger partial charge in [0.15, 0.2) is 11.0 Å². The van der Waals surface area contributed by atoms with E-state index in [1.54, 1.807) is 0 Å². The highest BCUT2D eigenvalue weighted by molar-refractivity contribution is 7.09. The van der Waals surface area contributed by atoms with Gasteiger partial charge in [-0.15, -0.1) is 0 Å². The molecule has 1 atom stereocenters. The summed E-state index contributed by atoms with van der Waals surface area (Å²) in [7, 11) is 0. The molecule has 1 aliphatic heterocycles. The molecule has 1 aromatic rings. The number of rotatable bonds is 1. The highest BCUT2D eigenvalue weighted by Crippen LogP contribution is 2.27. The third-order valence-corrected chi connectivity index (χ3v) is 2.23. The molecule has 60 valence electrons. The molecule has 5 heteroatoms. The lowest BCUT2D eigenvalue weighted by atomic mass is 10.2. The number of hydrogen-bond donors (Lipinski definition) is 1. The van der Waals surface area contributed by atoms with Crippen molar-refractivity contribution < 1.29 is 4.74 Å². The number of nitrogens with zero attached hydrogens (tertiary/aromatic N) is 2. The van der Waals surface area contributed by atoms with E-state index in [0.717, 1.165) is 25.3 Å². The monoisotopic (exact) mass is 171 g/mol. The summed E-state index contributed by atoms with van der Waals surface area (Å²) in [6.45, 7) is 0.823. The average molecular weight is 171 g/mol. The van der Waals surface area contributed by atoms with Gasteiger partial charge in [-0.1, -0.05) is 0 Å². The summed E-state index contributed by atoms with van der Waals surface area (Å²) >= 11 is 1.23. The molecule has 1 saturated heterocycles. The molecule has 1 fully saturated rings. The van der Waals surface area contributed by atoms with Gasteiger partial charge in [0.05, 0.1) is 0 Å². The minimum absolute atomic E-state index is 0.101. The molecule has 1 aromatic heterocycles. The van der Waals surface area contributed by atoms with Crippen LogP contribution in [0.3, 0.4) is 0 Å². The summed E-state index contributed by atoms with van der Waals surface area (Å²) in [5.41, 5.74) is 5.44. The van der Waals surface area contributed by atoms with Gasteiger partial charge in [-0.05, 0) is 12.8 Å². The molecule has 1 unspecified atom stereocenters. The van der Waals surface area contributed by atoms with Gasteiger partial charge in [0.2, 0.25) is 0 Å². The van der Waals surface area contributed by atoms with Crippen LogP contribution in [0.2, 0.25) is 0 Å². The minimum Gasteiger partial charge on any atom is -0.374 e. The number of nitrogens with two attached hydrogens (primary N) is 1. The molecular weight excluding hydrogens is 162 g/mol. The maximum atomic E-state index is 5.44. The second-order valence-corrected chi connectivity index (χ2v) is 3.28. The van der Waals surface area contributed by atoms with Crippen LogP contribution >= 0.6 is 11.5 Å². The quantitative estimate of drug-likeness (QED) is 0.684. The number of ether oxygens (including phenoxy) is 1. The molecule has 11 heavy (non-hydrogen) atoms. The molecule has 0 aliphatic carbocycles. The third-order valence-electron chi connectivity index (χ3n) is 1.68. The predicted octanol–water partition coefficient (Wildman–Crippen LogP) is 0.972. The second-order valence-electron chi connectivity index (χ2n) is 2.49. The Kier molecular flexibility index (Phi) is 1.75. The Balaban J connectivity index is 2.15. The molecule has 0 spiro atoms. The molecule has 2 heterocycles. The summed E-state index contributed by atoms with van der Waals surface area (Å²) in [5.74, 6) is 0.755. The van der Waals surface area contributed by atoms with Crippen LogP contribution in [0, 0.1) is 0 Å². The third kappa shape index (κ3) is 1.34. The molecule has 0 radical (unpaired) electrons. The first kappa shape index (κ1) is 7.00. The van der Waals surface area contributed by atoms with Crippen molar-refractivity contribution in [2.24, 2.45) is 0 Å². The Morgan fingerprint density at radius 1 is 1.64 bits per heavy atom. The molecule has 4 nitrogen and oxygen atoms in total. The van der Waals surface area contributed by atoms with E-state index in [1.165, 1.54) is 11.5 Å². The fourth-order valence-corrected chi connectivity index (χ4v) is 1.64. The fourth-order valence-electron chi connectivity index (χ4n) is 1.16. The number of aromatic nitrogens is 2. The van der Waals surface area contributed by atoms with E-state index in [-0.39, 0.29) is 6.10 Å². The Labute approximate surface area is 68.6 Å². The maximum absolute atomic E-state index is 5.44. The summed E-state index contributed by atoms with van der Waals surface area (Å²) in [6.07, 6.45) is 2.23. The molecule has 2 rings (SSSR count). The van der Waals surface area contributed by atoms with Crippen LogP contribution in [0.15, 0.2) is 0 Å². The largest absolute Gasteiger partial charge is 0.374 e. The van der Waals surface area contributed by atoms with Crippen LogP contribution < -0.4 is 5.73 Å². The molecule has 0 bridgehead atoms. The summed E-state index contributed by atoms with van der Waals surface area (Å²) in [4.78, 5) is 4.05. The zero-order valence-corrected chi connectivity index (χ0v) is 6.80. The van der Waals surface area contributed by atoms with E-state index in [0.29, 0.717) is 5.13 Å². The van der Waals surface area contributed by atoms with Crippen LogP contribution in [-0.4, -0.2) is 16.0 Å². The number of anilines is 1. The maximum Gasteiger partial charge on any atom is 0.200 e. The molecule has 1 aliphatic rings. The zero-order chi connectivity index (χ0) is 7.68. The Bertz CT molecular complexity index is 244. The summed E-state index contributed by atoms with van der Waals surface area (Å²) in [5, 5.41) is 0.524. The van der Waals surface area contributed by atoms with Gasteiger partial charge in [-0.25, -0.2) is 4.98 Å². The first-order valence-electron chi connectivity index (χ1n) is 3.57. The van der Waals surface area contributed by atoms with E-state index in [2.05, 4.69) is 9.36 Å². The van der Waals surface area contributed by atoms with E-state index in [4.69, 9.17) is 10.5 Å². The number of nitrogen functional groups attached to an aromatic ring is 1. The standard InChI is InChI=1S/C6H9N3OS/c7-6-8-5(9-11-6)4-2-1-3-10-4/h4H,1-3H2,(H2,7,8,9). The lowest BCUT2D eigenvalue weighted by molar-refractivity contribution is 0.106. The van der Waals surface area contributed by atoms with Crippen LogP contribution in [0.25, 0.3) is 0 Å². The van der Waals surface area contributed by atoms with Gasteiger partial charge >= 0.3 is 0 Å². The van der Waals surface area contributed by atoms with Crippen molar-refractivity contribution in [3.05, 3.63) is 5.82 Å². The first-order chi connectivity index (χ1) is 5.36. The SMILES string of the molecule is Nc1nc(C2CCCO2)ns1. The Morgan fingerprint density at radius 2 is 2.55 bits per heavy atom. The van der Waals surface area contributed by atoms with Crippen molar-refractivity contribution in [2.75, 3.05) is 12.3 Å². The van der Waals surface area contributed by atoms with Gasteiger partial charge in [-0.3, -0.25) is 0 Å². The van der Waals surface area contributed by atoms with Crippen molar-refractivity contribution >= 4 is 16.7 Å². The van der Waals surface area contributed by atoms with E-state index in [1.807, 2.05) is 0 Å². The van der Waals surface area contributed by atoms with Crippen molar-refractivity contribution in [2.45, 2.75) is 18.9 Å². The average Bonchev–Trinajstić information content (AvgIpc) is 2.55. The van der Waals surface area contributed by atoms with Crippen LogP contribution in [-0.2, 0) is 4.74 Å². The van der Waals surface area contributed by atoms with Gasteiger partial charge in [0.25, 0.3) is 0 Å². The molecule has 0 aromatic carbocycles. The minimum atomic E-state index is 0.101. The van der Waals surface area contributed by atoms with Crippen LogP contribution in [0.5, 0.6) is 0 Å². The number of hydrogen-bond acceptors (Lipinski definition) is 5. The van der Waals surface area contributed by atoms with Crippen molar-refractivity contribution in [1.29, 1.82) is 0 Å². The topological polar surface area (TPSA) is 61.0 Å². The van der Waals surface area contributed by atoms with Gasteiger partial charge in [0.1, 0.15) is 6.10 Å². The van der Waals surface area contributed by atoms with Crippen molar-refractivity contribution in [3.8, 4) is 0 Å². The lowest BCUT2D eigenvalue weighted by Gasteiger charge is -2.01. The van der Waals surface area contributed by atoms with Crippen LogP contribution in [0.1, 0.15) is 24.8 Å². The highest BCUT2D eigenvalue weighted by atomic mass is 32.1. The van der Waals surface area contributed by atoms with Crippen LogP contribution in [0.4, 0.5) is 5.13 Å². The fraction of sp³-hybridized carbons (Fsp3) is 0.667. The van der Waals surface area contributed by atoms with Crippen molar-refractivity contribution in [1.82, 2.24) is 9.36 Å². The second kappa shape index (κ2) is 2.75. The molecule has 0 amide bonds. The normalized spacial score (nSPS) is 24.2. The van der Waals surface area contributed by atoms with E-state index in [9.17, 15) is 0 Å². The van der Waals surface area contributed by atoms with Gasteiger partial charge in [-0.2, -0.15) is 4.37 Å².